The number of hydrogen-bond acceptors (Lipinski definition) is 3. The van der Waals surface area contributed by atoms with E-state index in [1.807, 2.05) is 25.7 Å². The van der Waals surface area contributed by atoms with Crippen molar-refractivity contribution in [1.82, 2.24) is 4.90 Å². The molecule has 2 saturated heterocycles. The van der Waals surface area contributed by atoms with E-state index in [4.69, 9.17) is 9.47 Å². The van der Waals surface area contributed by atoms with Crippen LogP contribution in [0.4, 0.5) is 4.79 Å². The van der Waals surface area contributed by atoms with Crippen LogP contribution in [0.3, 0.4) is 0 Å². The summed E-state index contributed by atoms with van der Waals surface area (Å²) in [4.78, 5) is 14.0. The maximum Gasteiger partial charge on any atom is 0.410 e. The molecule has 2 fully saturated rings. The molecule has 0 aromatic heterocycles. The predicted octanol–water partition coefficient (Wildman–Crippen LogP) is 2.56. The lowest BCUT2D eigenvalue weighted by Crippen LogP contribution is -2.52. The highest BCUT2D eigenvalue weighted by atomic mass is 16.6. The van der Waals surface area contributed by atoms with Gasteiger partial charge in [0.05, 0.1) is 12.6 Å². The van der Waals surface area contributed by atoms with E-state index in [2.05, 4.69) is 6.92 Å². The van der Waals surface area contributed by atoms with Crippen LogP contribution in [0, 0.1) is 0 Å². The van der Waals surface area contributed by atoms with E-state index in [1.165, 1.54) is 6.42 Å². The molecule has 1 amide bonds. The summed E-state index contributed by atoms with van der Waals surface area (Å²) in [5.74, 6) is 0. The number of rotatable bonds is 1. The summed E-state index contributed by atoms with van der Waals surface area (Å²) in [6.45, 7) is 9.34. The van der Waals surface area contributed by atoms with Gasteiger partial charge in [-0.3, -0.25) is 0 Å². The molecule has 17 heavy (non-hydrogen) atoms. The van der Waals surface area contributed by atoms with Crippen molar-refractivity contribution in [3.63, 3.8) is 0 Å². The molecule has 0 aromatic carbocycles. The molecule has 0 aromatic rings. The van der Waals surface area contributed by atoms with E-state index < -0.39 is 5.60 Å². The number of carbonyl (C=O) groups excluding carboxylic acids is 1. The zero-order valence-corrected chi connectivity index (χ0v) is 11.3. The van der Waals surface area contributed by atoms with Gasteiger partial charge in [-0.25, -0.2) is 4.79 Å². The molecule has 0 N–H and O–H groups in total. The fraction of sp³-hybridized carbons (Fsp3) is 0.923. The number of epoxide rings is 1. The minimum atomic E-state index is -0.426. The fourth-order valence-electron chi connectivity index (χ4n) is 2.41. The van der Waals surface area contributed by atoms with Gasteiger partial charge in [0.25, 0.3) is 0 Å². The summed E-state index contributed by atoms with van der Waals surface area (Å²) in [7, 11) is 0. The van der Waals surface area contributed by atoms with Crippen LogP contribution in [-0.2, 0) is 9.47 Å². The molecule has 0 spiro atoms. The molecular formula is C13H23NO3. The second kappa shape index (κ2) is 4.16. The summed E-state index contributed by atoms with van der Waals surface area (Å²) in [5.41, 5.74) is -0.554. The highest BCUT2D eigenvalue weighted by molar-refractivity contribution is 5.69. The molecule has 0 unspecified atom stereocenters. The quantitative estimate of drug-likeness (QED) is 0.663. The van der Waals surface area contributed by atoms with Gasteiger partial charge in [0.1, 0.15) is 11.2 Å². The van der Waals surface area contributed by atoms with Gasteiger partial charge < -0.3 is 14.4 Å². The molecule has 4 heteroatoms. The van der Waals surface area contributed by atoms with E-state index in [0.29, 0.717) is 0 Å². The average Bonchev–Trinajstić information content (AvgIpc) is 2.95. The van der Waals surface area contributed by atoms with Gasteiger partial charge in [-0.1, -0.05) is 0 Å². The highest BCUT2D eigenvalue weighted by Gasteiger charge is 2.51. The van der Waals surface area contributed by atoms with E-state index >= 15 is 0 Å². The lowest BCUT2D eigenvalue weighted by molar-refractivity contribution is -0.00134. The van der Waals surface area contributed by atoms with Crippen LogP contribution in [0.2, 0.25) is 0 Å². The third-order valence-corrected chi connectivity index (χ3v) is 3.44. The van der Waals surface area contributed by atoms with E-state index in [0.717, 1.165) is 26.0 Å². The molecule has 2 aliphatic rings. The first-order chi connectivity index (χ1) is 7.82. The van der Waals surface area contributed by atoms with Gasteiger partial charge in [0, 0.05) is 6.54 Å². The largest absolute Gasteiger partial charge is 0.444 e. The Morgan fingerprint density at radius 2 is 2.06 bits per heavy atom. The summed E-state index contributed by atoms with van der Waals surface area (Å²) >= 11 is 0. The first-order valence-corrected chi connectivity index (χ1v) is 6.45. The van der Waals surface area contributed by atoms with Crippen LogP contribution in [0.15, 0.2) is 0 Å². The molecule has 98 valence electrons. The standard InChI is InChI=1S/C13H23NO3/c1-12(2,3)17-11(15)14-8-6-5-7-10(14)13(4)9-16-13/h10H,5-9H2,1-4H3/t10-,13+/m1/s1. The Balaban J connectivity index is 2.03. The van der Waals surface area contributed by atoms with Crippen molar-refractivity contribution in [2.45, 2.75) is 64.2 Å². The van der Waals surface area contributed by atoms with Crippen molar-refractivity contribution in [3.8, 4) is 0 Å². The van der Waals surface area contributed by atoms with Crippen LogP contribution in [-0.4, -0.2) is 41.4 Å². The number of amides is 1. The van der Waals surface area contributed by atoms with Crippen molar-refractivity contribution < 1.29 is 14.3 Å². The second-order valence-corrected chi connectivity index (χ2v) is 6.29. The van der Waals surface area contributed by atoms with E-state index in [-0.39, 0.29) is 17.7 Å². The SMILES string of the molecule is CC(C)(C)OC(=O)N1CCCC[C@@H]1[C@]1(C)CO1. The normalized spacial score (nSPS) is 33.4. The van der Waals surface area contributed by atoms with Crippen molar-refractivity contribution in [1.29, 1.82) is 0 Å². The molecule has 0 radical (unpaired) electrons. The molecule has 4 nitrogen and oxygen atoms in total. The summed E-state index contributed by atoms with van der Waals surface area (Å²) in [6.07, 6.45) is 3.06. The number of piperidine rings is 1. The Bertz CT molecular complexity index is 304. The van der Waals surface area contributed by atoms with Gasteiger partial charge in [-0.15, -0.1) is 0 Å². The molecule has 2 rings (SSSR count). The number of ether oxygens (including phenoxy) is 2. The van der Waals surface area contributed by atoms with Gasteiger partial charge in [-0.05, 0) is 47.0 Å². The predicted molar refractivity (Wildman–Crippen MR) is 64.9 cm³/mol. The highest BCUT2D eigenvalue weighted by Crippen LogP contribution is 2.38. The number of nitrogens with zero attached hydrogens (tertiary/aromatic N) is 1. The third kappa shape index (κ3) is 2.92. The maximum atomic E-state index is 12.1. The maximum absolute atomic E-state index is 12.1. The van der Waals surface area contributed by atoms with Gasteiger partial charge >= 0.3 is 6.09 Å². The smallest absolute Gasteiger partial charge is 0.410 e. The zero-order valence-electron chi connectivity index (χ0n) is 11.3. The Labute approximate surface area is 103 Å². The van der Waals surface area contributed by atoms with Crippen LogP contribution in [0.25, 0.3) is 0 Å². The molecule has 2 atom stereocenters. The molecule has 0 saturated carbocycles. The van der Waals surface area contributed by atoms with Crippen LogP contribution >= 0.6 is 0 Å². The fourth-order valence-corrected chi connectivity index (χ4v) is 2.41. The lowest BCUT2D eigenvalue weighted by Gasteiger charge is -2.38. The first-order valence-electron chi connectivity index (χ1n) is 6.45. The van der Waals surface area contributed by atoms with E-state index in [9.17, 15) is 4.79 Å². The number of likely N-dealkylation sites (tertiary alicyclic amines) is 1. The first kappa shape index (κ1) is 12.7. The van der Waals surface area contributed by atoms with Crippen molar-refractivity contribution >= 4 is 6.09 Å². The zero-order chi connectivity index (χ0) is 12.7. The Morgan fingerprint density at radius 3 is 2.59 bits per heavy atom. The molecule has 2 aliphatic heterocycles. The van der Waals surface area contributed by atoms with Gasteiger partial charge in [0.2, 0.25) is 0 Å². The topological polar surface area (TPSA) is 42.1 Å². The molecule has 0 bridgehead atoms. The van der Waals surface area contributed by atoms with Crippen molar-refractivity contribution in [2.75, 3.05) is 13.2 Å². The Hall–Kier alpha value is -0.770. The monoisotopic (exact) mass is 241 g/mol. The third-order valence-electron chi connectivity index (χ3n) is 3.44. The second-order valence-electron chi connectivity index (χ2n) is 6.29. The Morgan fingerprint density at radius 1 is 1.41 bits per heavy atom. The minimum absolute atomic E-state index is 0.128. The summed E-state index contributed by atoms with van der Waals surface area (Å²) in [6, 6.07) is 0.186. The van der Waals surface area contributed by atoms with Gasteiger partial charge in [-0.2, -0.15) is 0 Å². The van der Waals surface area contributed by atoms with Crippen molar-refractivity contribution in [2.24, 2.45) is 0 Å². The summed E-state index contributed by atoms with van der Waals surface area (Å²) < 4.78 is 11.0. The summed E-state index contributed by atoms with van der Waals surface area (Å²) in [5, 5.41) is 0. The number of carbonyl (C=O) groups is 1. The van der Waals surface area contributed by atoms with Gasteiger partial charge in [0.15, 0.2) is 0 Å². The van der Waals surface area contributed by atoms with Crippen LogP contribution < -0.4 is 0 Å². The Kier molecular flexibility index (Phi) is 3.10. The molecule has 0 aliphatic carbocycles. The molecular weight excluding hydrogens is 218 g/mol. The van der Waals surface area contributed by atoms with Crippen LogP contribution in [0.5, 0.6) is 0 Å². The number of hydrogen-bond donors (Lipinski definition) is 0. The lowest BCUT2D eigenvalue weighted by atomic mass is 9.92. The van der Waals surface area contributed by atoms with Crippen molar-refractivity contribution in [3.05, 3.63) is 0 Å². The molecule has 2 heterocycles. The van der Waals surface area contributed by atoms with E-state index in [1.54, 1.807) is 0 Å². The average molecular weight is 241 g/mol. The minimum Gasteiger partial charge on any atom is -0.444 e. The van der Waals surface area contributed by atoms with Crippen LogP contribution in [0.1, 0.15) is 47.0 Å².